The van der Waals surface area contributed by atoms with Gasteiger partial charge in [-0.15, -0.1) is 0 Å². The summed E-state index contributed by atoms with van der Waals surface area (Å²) in [7, 11) is 0. The summed E-state index contributed by atoms with van der Waals surface area (Å²) < 4.78 is 26.1. The third-order valence-corrected chi connectivity index (χ3v) is 3.22. The number of hydrogen-bond acceptors (Lipinski definition) is 2. The molecule has 2 aromatic rings. The van der Waals surface area contributed by atoms with Crippen molar-refractivity contribution in [1.29, 1.82) is 0 Å². The average molecular weight is 279 g/mol. The zero-order chi connectivity index (χ0) is 14.5. The summed E-state index contributed by atoms with van der Waals surface area (Å²) in [6, 6.07) is 8.31. The van der Waals surface area contributed by atoms with Gasteiger partial charge in [0.05, 0.1) is 6.54 Å². The van der Waals surface area contributed by atoms with Crippen LogP contribution in [-0.2, 0) is 13.1 Å². The van der Waals surface area contributed by atoms with Gasteiger partial charge < -0.3 is 5.32 Å². The molecule has 0 aliphatic heterocycles. The van der Waals surface area contributed by atoms with E-state index in [0.29, 0.717) is 24.8 Å². The first-order valence-corrected chi connectivity index (χ1v) is 6.67. The van der Waals surface area contributed by atoms with Gasteiger partial charge in [0.15, 0.2) is 0 Å². The van der Waals surface area contributed by atoms with Gasteiger partial charge in [0, 0.05) is 18.9 Å². The molecular formula is C15H19F2N3. The molecule has 2 rings (SSSR count). The Balaban J connectivity index is 1.88. The third-order valence-electron chi connectivity index (χ3n) is 3.22. The molecule has 0 saturated heterocycles. The van der Waals surface area contributed by atoms with Crippen molar-refractivity contribution in [2.45, 2.75) is 39.4 Å². The number of aromatic nitrogens is 2. The van der Waals surface area contributed by atoms with E-state index in [-0.39, 0.29) is 0 Å². The smallest absolute Gasteiger partial charge is 0.306 e. The fourth-order valence-electron chi connectivity index (χ4n) is 2.00. The Morgan fingerprint density at radius 1 is 1.15 bits per heavy atom. The van der Waals surface area contributed by atoms with Crippen molar-refractivity contribution in [3.05, 3.63) is 53.6 Å². The first kappa shape index (κ1) is 14.7. The predicted molar refractivity (Wildman–Crippen MR) is 74.6 cm³/mol. The molecule has 20 heavy (non-hydrogen) atoms. The van der Waals surface area contributed by atoms with E-state index < -0.39 is 6.55 Å². The second kappa shape index (κ2) is 6.61. The molecular weight excluding hydrogens is 260 g/mol. The second-order valence-electron chi connectivity index (χ2n) is 5.03. The van der Waals surface area contributed by atoms with Gasteiger partial charge in [0.1, 0.15) is 5.82 Å². The van der Waals surface area contributed by atoms with E-state index in [4.69, 9.17) is 0 Å². The lowest BCUT2D eigenvalue weighted by Gasteiger charge is -2.09. The highest BCUT2D eigenvalue weighted by atomic mass is 19.3. The van der Waals surface area contributed by atoms with Crippen LogP contribution in [0.2, 0.25) is 0 Å². The third kappa shape index (κ3) is 3.63. The Kier molecular flexibility index (Phi) is 4.84. The molecule has 0 radical (unpaired) electrons. The normalized spacial score (nSPS) is 11.5. The summed E-state index contributed by atoms with van der Waals surface area (Å²) in [6.07, 6.45) is 2.68. The maximum absolute atomic E-state index is 12.6. The van der Waals surface area contributed by atoms with Crippen LogP contribution in [0.15, 0.2) is 36.7 Å². The van der Waals surface area contributed by atoms with E-state index in [1.165, 1.54) is 18.0 Å². The van der Waals surface area contributed by atoms with E-state index in [0.717, 1.165) is 10.1 Å². The molecule has 0 saturated carbocycles. The molecule has 0 amide bonds. The number of hydrogen-bond donors (Lipinski definition) is 1. The monoisotopic (exact) mass is 279 g/mol. The number of nitrogens with zero attached hydrogens (tertiary/aromatic N) is 2. The highest BCUT2D eigenvalue weighted by molar-refractivity contribution is 5.24. The molecule has 0 fully saturated rings. The summed E-state index contributed by atoms with van der Waals surface area (Å²) in [5.41, 5.74) is 2.42. The Bertz CT molecular complexity index is 532. The molecule has 1 aromatic carbocycles. The van der Waals surface area contributed by atoms with Gasteiger partial charge in [0.2, 0.25) is 0 Å². The maximum atomic E-state index is 12.6. The molecule has 1 heterocycles. The van der Waals surface area contributed by atoms with Crippen LogP contribution in [0.5, 0.6) is 0 Å². The zero-order valence-corrected chi connectivity index (χ0v) is 11.7. The van der Waals surface area contributed by atoms with Crippen LogP contribution in [0.3, 0.4) is 0 Å². The second-order valence-corrected chi connectivity index (χ2v) is 5.03. The van der Waals surface area contributed by atoms with Gasteiger partial charge in [-0.25, -0.2) is 4.98 Å². The van der Waals surface area contributed by atoms with E-state index >= 15 is 0 Å². The van der Waals surface area contributed by atoms with Crippen LogP contribution in [0.4, 0.5) is 8.78 Å². The lowest BCUT2D eigenvalue weighted by Crippen LogP contribution is -2.17. The van der Waals surface area contributed by atoms with Crippen molar-refractivity contribution in [1.82, 2.24) is 14.9 Å². The number of imidazole rings is 1. The molecule has 0 bridgehead atoms. The van der Waals surface area contributed by atoms with E-state index in [9.17, 15) is 8.78 Å². The summed E-state index contributed by atoms with van der Waals surface area (Å²) >= 11 is 0. The van der Waals surface area contributed by atoms with Crippen LogP contribution in [0.1, 0.15) is 43.3 Å². The van der Waals surface area contributed by atoms with E-state index in [1.54, 1.807) is 0 Å². The molecule has 108 valence electrons. The molecule has 3 nitrogen and oxygen atoms in total. The summed E-state index contributed by atoms with van der Waals surface area (Å²) in [6.45, 7) is 2.71. The Hall–Kier alpha value is -1.75. The standard InChI is InChI=1S/C15H19F2N3/c1-11(2)13-5-3-12(4-6-13)9-18-10-14-19-7-8-20(14)15(16)17/h3-8,11,15,18H,9-10H2,1-2H3. The molecule has 5 heteroatoms. The summed E-state index contributed by atoms with van der Waals surface area (Å²) in [5, 5.41) is 3.13. The predicted octanol–water partition coefficient (Wildman–Crippen LogP) is 3.69. The highest BCUT2D eigenvalue weighted by Gasteiger charge is 2.10. The van der Waals surface area contributed by atoms with Crippen LogP contribution in [0.25, 0.3) is 0 Å². The number of alkyl halides is 2. The lowest BCUT2D eigenvalue weighted by molar-refractivity contribution is 0.0666. The molecule has 1 N–H and O–H groups in total. The van der Waals surface area contributed by atoms with Gasteiger partial charge >= 0.3 is 6.55 Å². The number of nitrogens with one attached hydrogen (secondary N) is 1. The quantitative estimate of drug-likeness (QED) is 0.874. The van der Waals surface area contributed by atoms with Crippen molar-refractivity contribution in [3.63, 3.8) is 0 Å². The molecule has 1 aromatic heterocycles. The number of halogens is 2. The molecule has 0 aliphatic rings. The first-order valence-electron chi connectivity index (χ1n) is 6.67. The van der Waals surface area contributed by atoms with Crippen LogP contribution in [0, 0.1) is 0 Å². The number of rotatable bonds is 6. The van der Waals surface area contributed by atoms with Gasteiger partial charge in [-0.1, -0.05) is 38.1 Å². The highest BCUT2D eigenvalue weighted by Crippen LogP contribution is 2.15. The maximum Gasteiger partial charge on any atom is 0.319 e. The Labute approximate surface area is 117 Å². The van der Waals surface area contributed by atoms with Crippen LogP contribution in [-0.4, -0.2) is 9.55 Å². The molecule has 0 atom stereocenters. The lowest BCUT2D eigenvalue weighted by atomic mass is 10.0. The average Bonchev–Trinajstić information content (AvgIpc) is 2.88. The number of benzene rings is 1. The van der Waals surface area contributed by atoms with Gasteiger partial charge in [-0.2, -0.15) is 8.78 Å². The van der Waals surface area contributed by atoms with Crippen molar-refractivity contribution in [2.75, 3.05) is 0 Å². The minimum Gasteiger partial charge on any atom is -0.306 e. The van der Waals surface area contributed by atoms with Crippen LogP contribution < -0.4 is 5.32 Å². The van der Waals surface area contributed by atoms with Crippen molar-refractivity contribution in [2.24, 2.45) is 0 Å². The van der Waals surface area contributed by atoms with Crippen LogP contribution >= 0.6 is 0 Å². The first-order chi connectivity index (χ1) is 9.58. The molecule has 0 spiro atoms. The minimum atomic E-state index is -2.54. The Morgan fingerprint density at radius 3 is 2.45 bits per heavy atom. The fraction of sp³-hybridized carbons (Fsp3) is 0.400. The Morgan fingerprint density at radius 2 is 1.85 bits per heavy atom. The van der Waals surface area contributed by atoms with E-state index in [1.807, 2.05) is 0 Å². The van der Waals surface area contributed by atoms with Crippen molar-refractivity contribution >= 4 is 0 Å². The van der Waals surface area contributed by atoms with E-state index in [2.05, 4.69) is 48.4 Å². The topological polar surface area (TPSA) is 29.9 Å². The minimum absolute atomic E-state index is 0.323. The molecule has 0 aliphatic carbocycles. The fourth-order valence-corrected chi connectivity index (χ4v) is 2.00. The van der Waals surface area contributed by atoms with Crippen molar-refractivity contribution in [3.8, 4) is 0 Å². The van der Waals surface area contributed by atoms with Gasteiger partial charge in [-0.3, -0.25) is 4.57 Å². The van der Waals surface area contributed by atoms with Crippen molar-refractivity contribution < 1.29 is 8.78 Å². The van der Waals surface area contributed by atoms with Gasteiger partial charge in [0.25, 0.3) is 0 Å². The summed E-state index contributed by atoms with van der Waals surface area (Å²) in [5.74, 6) is 0.856. The van der Waals surface area contributed by atoms with Gasteiger partial charge in [-0.05, 0) is 17.0 Å². The summed E-state index contributed by atoms with van der Waals surface area (Å²) in [4.78, 5) is 3.93. The SMILES string of the molecule is CC(C)c1ccc(CNCc2nccn2C(F)F)cc1. The largest absolute Gasteiger partial charge is 0.319 e. The molecule has 0 unspecified atom stereocenters. The zero-order valence-electron chi connectivity index (χ0n) is 11.7.